The molecule has 1 aliphatic rings. The number of ether oxygens (including phenoxy) is 1. The van der Waals surface area contributed by atoms with Crippen molar-refractivity contribution < 1.29 is 156 Å². The van der Waals surface area contributed by atoms with Crippen LogP contribution in [0, 0.1) is 0 Å². The van der Waals surface area contributed by atoms with Gasteiger partial charge in [0.25, 0.3) is 13.4 Å². The van der Waals surface area contributed by atoms with Crippen LogP contribution in [-0.2, 0) is 27.1 Å². The first-order valence-electron chi connectivity index (χ1n) is 7.88. The van der Waals surface area contributed by atoms with E-state index in [-0.39, 0.29) is 99.8 Å². The number of rotatable bonds is 6. The van der Waals surface area contributed by atoms with Crippen molar-refractivity contribution in [3.63, 3.8) is 0 Å². The van der Waals surface area contributed by atoms with Gasteiger partial charge in [-0.3, -0.25) is 18.2 Å². The summed E-state index contributed by atoms with van der Waals surface area (Å²) in [5, 5.41) is 28.6. The second-order valence-electron chi connectivity index (χ2n) is 5.83. The monoisotopic (exact) mass is 592 g/mol. The molecule has 0 radical (unpaired) electrons. The Morgan fingerprint density at radius 2 is 1.63 bits per heavy atom. The molecule has 0 aromatic carbocycles. The quantitative estimate of drug-likeness (QED) is 0.134. The Kier molecular flexibility index (Phi) is 17.1. The van der Waals surface area contributed by atoms with Gasteiger partial charge in [-0.15, -0.1) is 0 Å². The number of nitrogens with one attached hydrogen (secondary N) is 1. The molecule has 1 unspecified atom stereocenters. The minimum Gasteiger partial charge on any atom is -0.790 e. The first kappa shape index (κ1) is 38.7. The molecular formula is C10H14N4Na3O15P3. The van der Waals surface area contributed by atoms with Crippen LogP contribution in [0.1, 0.15) is 6.23 Å². The summed E-state index contributed by atoms with van der Waals surface area (Å²) in [4.78, 5) is 67.1. The van der Waals surface area contributed by atoms with Crippen molar-refractivity contribution in [1.29, 1.82) is 0 Å². The van der Waals surface area contributed by atoms with Crippen LogP contribution in [0.15, 0.2) is 17.4 Å². The zero-order valence-electron chi connectivity index (χ0n) is 18.2. The zero-order valence-corrected chi connectivity index (χ0v) is 26.9. The SMILES string of the molecule is O=P([O-])([O-])OP(=O)([O-])OP(=O)(O)O.O=c1[nH]cnc2c1ncn2[C@@H]1O[C@H](CO)[C@@H](O)[C@H]1O.[Na+].[Na+].[Na+]. The van der Waals surface area contributed by atoms with Gasteiger partial charge in [0, 0.05) is 0 Å². The number of aromatic nitrogens is 4. The maximum absolute atomic E-state index is 11.5. The zero-order chi connectivity index (χ0) is 24.5. The van der Waals surface area contributed by atoms with E-state index in [2.05, 4.69) is 23.6 Å². The molecule has 182 valence electrons. The molecule has 2 aromatic rings. The first-order valence-corrected chi connectivity index (χ1v) is 12.3. The van der Waals surface area contributed by atoms with Gasteiger partial charge in [0.1, 0.15) is 18.3 Å². The molecule has 35 heavy (non-hydrogen) atoms. The maximum Gasteiger partial charge on any atom is 1.00 e. The van der Waals surface area contributed by atoms with Crippen LogP contribution >= 0.6 is 23.5 Å². The molecule has 1 fully saturated rings. The van der Waals surface area contributed by atoms with Crippen molar-refractivity contribution in [3.05, 3.63) is 23.0 Å². The summed E-state index contributed by atoms with van der Waals surface area (Å²) in [7, 11) is -17.2. The number of imidazole rings is 1. The summed E-state index contributed by atoms with van der Waals surface area (Å²) < 4.78 is 42.0. The summed E-state index contributed by atoms with van der Waals surface area (Å²) in [5.74, 6) is 0. The third-order valence-electron chi connectivity index (χ3n) is 3.56. The van der Waals surface area contributed by atoms with Gasteiger partial charge in [-0.05, 0) is 0 Å². The molecule has 0 bridgehead atoms. The van der Waals surface area contributed by atoms with Crippen LogP contribution in [-0.4, -0.2) is 69.5 Å². The fraction of sp³-hybridized carbons (Fsp3) is 0.500. The van der Waals surface area contributed by atoms with Crippen molar-refractivity contribution in [2.45, 2.75) is 24.5 Å². The second-order valence-corrected chi connectivity index (χ2v) is 9.91. The third kappa shape index (κ3) is 11.7. The molecule has 3 rings (SSSR count). The van der Waals surface area contributed by atoms with E-state index < -0.39 is 60.2 Å². The number of aromatic amines is 1. The molecule has 1 aliphatic heterocycles. The number of aliphatic hydroxyl groups is 3. The van der Waals surface area contributed by atoms with E-state index in [1.54, 1.807) is 0 Å². The number of aliphatic hydroxyl groups excluding tert-OH is 3. The van der Waals surface area contributed by atoms with Crippen LogP contribution < -0.4 is 109 Å². The number of nitrogens with zero attached hydrogens (tertiary/aromatic N) is 3. The van der Waals surface area contributed by atoms with Gasteiger partial charge in [0.15, 0.2) is 17.4 Å². The Morgan fingerprint density at radius 1 is 1.06 bits per heavy atom. The van der Waals surface area contributed by atoms with Crippen LogP contribution in [0.2, 0.25) is 0 Å². The molecule has 25 heteroatoms. The molecule has 0 aliphatic carbocycles. The van der Waals surface area contributed by atoms with E-state index in [0.29, 0.717) is 0 Å². The topological polar surface area (TPSA) is 313 Å². The van der Waals surface area contributed by atoms with E-state index in [1.165, 1.54) is 17.2 Å². The third-order valence-corrected chi connectivity index (χ3v) is 6.81. The van der Waals surface area contributed by atoms with Crippen molar-refractivity contribution in [1.82, 2.24) is 19.5 Å². The van der Waals surface area contributed by atoms with E-state index >= 15 is 0 Å². The Hall–Kier alpha value is 1.60. The molecule has 5 atom stereocenters. The first-order chi connectivity index (χ1) is 14.5. The molecule has 0 saturated carbocycles. The predicted molar refractivity (Wildman–Crippen MR) is 90.6 cm³/mol. The smallest absolute Gasteiger partial charge is 0.790 e. The molecule has 0 spiro atoms. The van der Waals surface area contributed by atoms with Gasteiger partial charge in [0.2, 0.25) is 0 Å². The average Bonchev–Trinajstić information content (AvgIpc) is 3.14. The Bertz CT molecular complexity index is 1120. The van der Waals surface area contributed by atoms with E-state index in [0.717, 1.165) is 0 Å². The van der Waals surface area contributed by atoms with Crippen LogP contribution in [0.3, 0.4) is 0 Å². The Morgan fingerprint density at radius 3 is 2.09 bits per heavy atom. The standard InChI is InChI=1S/C10H12N4O5.3Na.H5O10P3/c15-1-4-6(16)7(17)10(19-4)14-3-13-5-8(14)11-2-12-9(5)18;;;;1-11(2,3)9-13(7,8)10-12(4,5)6/h2-4,6-7,10,15-17H,1H2,(H,11,12,18);;;;(H,7,8)(H2,1,2,3)(H2,4,5,6)/q;3*+1;/p-3/t4-,6-,7-,10-;;;;/m1..../s1. The van der Waals surface area contributed by atoms with Crippen LogP contribution in [0.25, 0.3) is 11.2 Å². The summed E-state index contributed by atoms with van der Waals surface area (Å²) in [6.07, 6.45) is -1.78. The Labute approximate surface area is 261 Å². The van der Waals surface area contributed by atoms with Gasteiger partial charge < -0.3 is 54.1 Å². The normalized spacial score (nSPS) is 23.7. The summed E-state index contributed by atoms with van der Waals surface area (Å²) in [6, 6.07) is 0. The van der Waals surface area contributed by atoms with Crippen LogP contribution in [0.5, 0.6) is 0 Å². The largest absolute Gasteiger partial charge is 1.00 e. The number of hydrogen-bond donors (Lipinski definition) is 6. The number of fused-ring (bicyclic) bond motifs is 1. The van der Waals surface area contributed by atoms with E-state index in [9.17, 15) is 43.4 Å². The maximum atomic E-state index is 11.5. The summed E-state index contributed by atoms with van der Waals surface area (Å²) in [5.41, 5.74) is -0.0608. The van der Waals surface area contributed by atoms with Crippen molar-refractivity contribution in [2.75, 3.05) is 6.61 Å². The van der Waals surface area contributed by atoms with Gasteiger partial charge >= 0.3 is 96.5 Å². The van der Waals surface area contributed by atoms with Crippen molar-refractivity contribution in [3.8, 4) is 0 Å². The van der Waals surface area contributed by atoms with Gasteiger partial charge in [-0.25, -0.2) is 18.8 Å². The van der Waals surface area contributed by atoms with Crippen LogP contribution in [0.4, 0.5) is 0 Å². The van der Waals surface area contributed by atoms with Crippen molar-refractivity contribution >= 4 is 34.6 Å². The molecule has 6 N–H and O–H groups in total. The Balaban J connectivity index is 0. The fourth-order valence-electron chi connectivity index (χ4n) is 2.43. The van der Waals surface area contributed by atoms with Crippen molar-refractivity contribution in [2.24, 2.45) is 0 Å². The van der Waals surface area contributed by atoms with Gasteiger partial charge in [0.05, 0.1) is 27.1 Å². The van der Waals surface area contributed by atoms with E-state index in [4.69, 9.17) is 19.6 Å². The number of hydrogen-bond acceptors (Lipinski definition) is 15. The predicted octanol–water partition coefficient (Wildman–Crippen LogP) is -13.8. The van der Waals surface area contributed by atoms with Gasteiger partial charge in [-0.2, -0.15) is 0 Å². The van der Waals surface area contributed by atoms with E-state index in [1.807, 2.05) is 0 Å². The second kappa shape index (κ2) is 15.4. The minimum atomic E-state index is -5.92. The molecule has 0 amide bonds. The molecular weight excluding hydrogens is 578 g/mol. The summed E-state index contributed by atoms with van der Waals surface area (Å²) >= 11 is 0. The molecule has 2 aromatic heterocycles. The molecule has 19 nitrogen and oxygen atoms in total. The number of H-pyrrole nitrogens is 1. The fourth-order valence-corrected chi connectivity index (χ4v) is 4.84. The molecule has 1 saturated heterocycles. The average molecular weight is 592 g/mol. The summed E-state index contributed by atoms with van der Waals surface area (Å²) in [6.45, 7) is -0.421. The minimum absolute atomic E-state index is 0. The molecule has 3 heterocycles. The number of phosphoric acid groups is 3. The van der Waals surface area contributed by atoms with Gasteiger partial charge in [-0.1, -0.05) is 0 Å².